The standard InChI is InChI=1S/C20H20N2O5S/c1-12-18(25)22(21-17(24)16(23)13-6-4-3-5-7-13)19(28-12)14-8-10-15(11-9-14)20(26)27-2/h3-12,16,19,23H,1-2H3,(H,21,24). The quantitative estimate of drug-likeness (QED) is 0.747. The Labute approximate surface area is 166 Å². The van der Waals surface area contributed by atoms with E-state index < -0.39 is 23.4 Å². The van der Waals surface area contributed by atoms with Gasteiger partial charge in [-0.25, -0.2) is 9.80 Å². The van der Waals surface area contributed by atoms with Crippen LogP contribution in [0.4, 0.5) is 0 Å². The number of hydrogen-bond acceptors (Lipinski definition) is 6. The number of amides is 2. The summed E-state index contributed by atoms with van der Waals surface area (Å²) in [6.45, 7) is 1.75. The van der Waals surface area contributed by atoms with E-state index in [2.05, 4.69) is 10.2 Å². The molecule has 0 radical (unpaired) electrons. The van der Waals surface area contributed by atoms with Gasteiger partial charge in [0.1, 0.15) is 5.37 Å². The lowest BCUT2D eigenvalue weighted by molar-refractivity contribution is -0.144. The van der Waals surface area contributed by atoms with Crippen LogP contribution in [0.1, 0.15) is 39.9 Å². The number of rotatable bonds is 5. The summed E-state index contributed by atoms with van der Waals surface area (Å²) in [7, 11) is 1.30. The van der Waals surface area contributed by atoms with Crippen molar-refractivity contribution in [2.75, 3.05) is 7.11 Å². The molecule has 2 aromatic carbocycles. The summed E-state index contributed by atoms with van der Waals surface area (Å²) in [5, 5.41) is 10.7. The van der Waals surface area contributed by atoms with Crippen molar-refractivity contribution in [3.8, 4) is 0 Å². The number of esters is 1. The Morgan fingerprint density at radius 3 is 2.39 bits per heavy atom. The Morgan fingerprint density at radius 1 is 1.14 bits per heavy atom. The lowest BCUT2D eigenvalue weighted by atomic mass is 10.1. The molecule has 1 heterocycles. The van der Waals surface area contributed by atoms with Gasteiger partial charge in [-0.3, -0.25) is 15.0 Å². The third kappa shape index (κ3) is 4.02. The van der Waals surface area contributed by atoms with Crippen LogP contribution in [0.3, 0.4) is 0 Å². The Hall–Kier alpha value is -2.84. The fourth-order valence-corrected chi connectivity index (χ4v) is 4.04. The maximum Gasteiger partial charge on any atom is 0.337 e. The largest absolute Gasteiger partial charge is 0.465 e. The Bertz CT molecular complexity index is 872. The van der Waals surface area contributed by atoms with Gasteiger partial charge in [-0.1, -0.05) is 42.5 Å². The number of carbonyl (C=O) groups excluding carboxylic acids is 3. The number of carbonyl (C=O) groups is 3. The highest BCUT2D eigenvalue weighted by Gasteiger charge is 2.40. The van der Waals surface area contributed by atoms with E-state index in [1.165, 1.54) is 23.9 Å². The molecule has 2 N–H and O–H groups in total. The summed E-state index contributed by atoms with van der Waals surface area (Å²) in [4.78, 5) is 36.6. The van der Waals surface area contributed by atoms with Crippen LogP contribution < -0.4 is 5.43 Å². The van der Waals surface area contributed by atoms with Crippen molar-refractivity contribution >= 4 is 29.5 Å². The number of hydrazine groups is 1. The van der Waals surface area contributed by atoms with Gasteiger partial charge in [0.25, 0.3) is 11.8 Å². The van der Waals surface area contributed by atoms with E-state index in [1.54, 1.807) is 61.5 Å². The second-order valence-corrected chi connectivity index (χ2v) is 7.67. The van der Waals surface area contributed by atoms with Crippen LogP contribution in [0.2, 0.25) is 0 Å². The van der Waals surface area contributed by atoms with Gasteiger partial charge in [-0.05, 0) is 30.2 Å². The van der Waals surface area contributed by atoms with E-state index in [0.717, 1.165) is 5.56 Å². The molecule has 0 spiro atoms. The number of nitrogens with zero attached hydrogens (tertiary/aromatic N) is 1. The Balaban J connectivity index is 1.79. The van der Waals surface area contributed by atoms with E-state index in [4.69, 9.17) is 0 Å². The number of thioether (sulfide) groups is 1. The minimum atomic E-state index is -1.39. The van der Waals surface area contributed by atoms with E-state index in [9.17, 15) is 19.5 Å². The fraction of sp³-hybridized carbons (Fsp3) is 0.250. The zero-order valence-corrected chi connectivity index (χ0v) is 16.2. The highest BCUT2D eigenvalue weighted by molar-refractivity contribution is 8.01. The molecular formula is C20H20N2O5S. The molecule has 0 aromatic heterocycles. The number of ether oxygens (including phenoxy) is 1. The summed E-state index contributed by atoms with van der Waals surface area (Å²) in [5.41, 5.74) is 4.11. The molecule has 3 unspecified atom stereocenters. The van der Waals surface area contributed by atoms with Crippen LogP contribution in [0.25, 0.3) is 0 Å². The molecule has 2 amide bonds. The summed E-state index contributed by atoms with van der Waals surface area (Å²) in [5.74, 6) is -1.41. The predicted molar refractivity (Wildman–Crippen MR) is 104 cm³/mol. The molecular weight excluding hydrogens is 380 g/mol. The zero-order chi connectivity index (χ0) is 20.3. The van der Waals surface area contributed by atoms with Crippen LogP contribution in [-0.2, 0) is 14.3 Å². The summed E-state index contributed by atoms with van der Waals surface area (Å²) in [6.07, 6.45) is -1.39. The normalized spacial score (nSPS) is 20.0. The predicted octanol–water partition coefficient (Wildman–Crippen LogP) is 2.20. The van der Waals surface area contributed by atoms with Crippen LogP contribution >= 0.6 is 11.8 Å². The van der Waals surface area contributed by atoms with E-state index in [-0.39, 0.29) is 11.2 Å². The van der Waals surface area contributed by atoms with Crippen molar-refractivity contribution in [3.63, 3.8) is 0 Å². The minimum absolute atomic E-state index is 0.263. The Kier molecular flexibility index (Phi) is 6.01. The van der Waals surface area contributed by atoms with Crippen molar-refractivity contribution in [1.82, 2.24) is 10.4 Å². The maximum absolute atomic E-state index is 12.5. The number of aliphatic hydroxyl groups is 1. The maximum atomic E-state index is 12.5. The van der Waals surface area contributed by atoms with Crippen LogP contribution in [0, 0.1) is 0 Å². The number of hydrogen-bond donors (Lipinski definition) is 2. The lowest BCUT2D eigenvalue weighted by Crippen LogP contribution is -2.47. The first kappa shape index (κ1) is 19.9. The van der Waals surface area contributed by atoms with Crippen LogP contribution in [0.15, 0.2) is 54.6 Å². The van der Waals surface area contributed by atoms with E-state index in [1.807, 2.05) is 0 Å². The third-order valence-corrected chi connectivity index (χ3v) is 5.71. The average Bonchev–Trinajstić information content (AvgIpc) is 3.01. The van der Waals surface area contributed by atoms with Crippen LogP contribution in [-0.4, -0.2) is 40.3 Å². The second-order valence-electron chi connectivity index (χ2n) is 6.24. The summed E-state index contributed by atoms with van der Waals surface area (Å²) < 4.78 is 4.68. The molecule has 0 saturated carbocycles. The summed E-state index contributed by atoms with van der Waals surface area (Å²) in [6, 6.07) is 15.1. The van der Waals surface area contributed by atoms with Crippen molar-refractivity contribution in [1.29, 1.82) is 0 Å². The van der Waals surface area contributed by atoms with Gasteiger partial charge in [0.2, 0.25) is 0 Å². The van der Waals surface area contributed by atoms with Gasteiger partial charge in [0.15, 0.2) is 6.10 Å². The Morgan fingerprint density at radius 2 is 1.79 bits per heavy atom. The molecule has 0 bridgehead atoms. The molecule has 8 heteroatoms. The lowest BCUT2D eigenvalue weighted by Gasteiger charge is -2.26. The number of aliphatic hydroxyl groups excluding tert-OH is 1. The average molecular weight is 400 g/mol. The molecule has 1 fully saturated rings. The topological polar surface area (TPSA) is 95.9 Å². The molecule has 3 atom stereocenters. The van der Waals surface area contributed by atoms with Crippen LogP contribution in [0.5, 0.6) is 0 Å². The zero-order valence-electron chi connectivity index (χ0n) is 15.4. The molecule has 3 rings (SSSR count). The number of methoxy groups -OCH3 is 1. The van der Waals surface area contributed by atoms with Gasteiger partial charge in [0, 0.05) is 0 Å². The molecule has 2 aromatic rings. The van der Waals surface area contributed by atoms with Gasteiger partial charge in [-0.15, -0.1) is 11.8 Å². The molecule has 7 nitrogen and oxygen atoms in total. The fourth-order valence-electron chi connectivity index (χ4n) is 2.83. The highest BCUT2D eigenvalue weighted by Crippen LogP contribution is 2.41. The molecule has 0 aliphatic carbocycles. The summed E-state index contributed by atoms with van der Waals surface area (Å²) >= 11 is 1.37. The van der Waals surface area contributed by atoms with Crippen molar-refractivity contribution in [2.24, 2.45) is 0 Å². The smallest absolute Gasteiger partial charge is 0.337 e. The first-order valence-electron chi connectivity index (χ1n) is 8.62. The molecule has 1 saturated heterocycles. The number of nitrogens with one attached hydrogen (secondary N) is 1. The van der Waals surface area contributed by atoms with Crippen molar-refractivity contribution in [2.45, 2.75) is 23.7 Å². The molecule has 1 aliphatic heterocycles. The van der Waals surface area contributed by atoms with E-state index >= 15 is 0 Å². The van der Waals surface area contributed by atoms with Gasteiger partial charge in [-0.2, -0.15) is 0 Å². The van der Waals surface area contributed by atoms with Crippen molar-refractivity contribution < 1.29 is 24.2 Å². The second kappa shape index (κ2) is 8.45. The van der Waals surface area contributed by atoms with Crippen molar-refractivity contribution in [3.05, 3.63) is 71.3 Å². The minimum Gasteiger partial charge on any atom is -0.465 e. The SMILES string of the molecule is COC(=O)c1ccc(C2SC(C)C(=O)N2NC(=O)C(O)c2ccccc2)cc1. The molecule has 28 heavy (non-hydrogen) atoms. The first-order chi connectivity index (χ1) is 13.4. The highest BCUT2D eigenvalue weighted by atomic mass is 32.2. The van der Waals surface area contributed by atoms with E-state index in [0.29, 0.717) is 11.1 Å². The van der Waals surface area contributed by atoms with Gasteiger partial charge >= 0.3 is 5.97 Å². The number of benzene rings is 2. The molecule has 1 aliphatic rings. The third-order valence-electron chi connectivity index (χ3n) is 4.36. The van der Waals surface area contributed by atoms with Gasteiger partial charge in [0.05, 0.1) is 17.9 Å². The first-order valence-corrected chi connectivity index (χ1v) is 9.57. The van der Waals surface area contributed by atoms with Gasteiger partial charge < -0.3 is 9.84 Å². The molecule has 146 valence electrons. The monoisotopic (exact) mass is 400 g/mol.